The van der Waals surface area contributed by atoms with Crippen LogP contribution in [-0.4, -0.2) is 44.8 Å². The zero-order valence-corrected chi connectivity index (χ0v) is 14.0. The molecule has 1 aliphatic heterocycles. The van der Waals surface area contributed by atoms with Crippen LogP contribution in [0.2, 0.25) is 5.02 Å². The van der Waals surface area contributed by atoms with Gasteiger partial charge < -0.3 is 10.6 Å². The minimum atomic E-state index is -2.89. The van der Waals surface area contributed by atoms with E-state index in [0.717, 1.165) is 0 Å². The Morgan fingerprint density at radius 1 is 1.48 bits per heavy atom. The van der Waals surface area contributed by atoms with Crippen molar-refractivity contribution in [1.82, 2.24) is 25.1 Å². The molecule has 10 heteroatoms. The minimum Gasteiger partial charge on any atom is -0.345 e. The van der Waals surface area contributed by atoms with Crippen LogP contribution >= 0.6 is 11.6 Å². The molecule has 7 nitrogen and oxygen atoms in total. The highest BCUT2D eigenvalue weighted by atomic mass is 35.5. The lowest BCUT2D eigenvalue weighted by Crippen LogP contribution is -2.53. The first-order valence-corrected chi connectivity index (χ1v) is 8.15. The van der Waals surface area contributed by atoms with Gasteiger partial charge in [0.25, 0.3) is 5.92 Å². The average Bonchev–Trinajstić information content (AvgIpc) is 3.05. The van der Waals surface area contributed by atoms with E-state index in [4.69, 9.17) is 16.9 Å². The molecule has 0 spiro atoms. The van der Waals surface area contributed by atoms with Crippen LogP contribution in [0.4, 0.5) is 14.7 Å². The Labute approximate surface area is 148 Å². The van der Waals surface area contributed by atoms with Crippen LogP contribution in [0.1, 0.15) is 12.8 Å². The zero-order valence-electron chi connectivity index (χ0n) is 13.2. The lowest BCUT2D eigenvalue weighted by molar-refractivity contribution is -0.0323. The quantitative estimate of drug-likeness (QED) is 0.842. The second-order valence-corrected chi connectivity index (χ2v) is 6.12. The van der Waals surface area contributed by atoms with Gasteiger partial charge in [0.15, 0.2) is 0 Å². The van der Waals surface area contributed by atoms with E-state index < -0.39 is 12.0 Å². The number of hydrogen-bond acceptors (Lipinski definition) is 6. The average molecular weight is 368 g/mol. The van der Waals surface area contributed by atoms with Gasteiger partial charge in [-0.2, -0.15) is 10.4 Å². The lowest BCUT2D eigenvalue weighted by Gasteiger charge is -2.32. The summed E-state index contributed by atoms with van der Waals surface area (Å²) in [6.07, 6.45) is 5.23. The Hall–Kier alpha value is -2.31. The summed E-state index contributed by atoms with van der Waals surface area (Å²) in [5, 5.41) is 18.4. The van der Waals surface area contributed by atoms with Crippen LogP contribution in [0, 0.1) is 11.3 Å². The molecule has 1 fully saturated rings. The van der Waals surface area contributed by atoms with Gasteiger partial charge in [-0.1, -0.05) is 11.6 Å². The van der Waals surface area contributed by atoms with Crippen LogP contribution < -0.4 is 10.6 Å². The molecule has 0 aromatic carbocycles. The van der Waals surface area contributed by atoms with Gasteiger partial charge in [0.05, 0.1) is 54.7 Å². The number of hydrogen-bond donors (Lipinski definition) is 2. The topological polar surface area (TPSA) is 91.5 Å². The molecular weight excluding hydrogens is 352 g/mol. The number of alkyl halides is 2. The number of aryl methyl sites for hydroxylation is 1. The summed E-state index contributed by atoms with van der Waals surface area (Å²) in [5.74, 6) is -2.79. The van der Waals surface area contributed by atoms with Crippen molar-refractivity contribution in [2.75, 3.05) is 18.4 Å². The predicted octanol–water partition coefficient (Wildman–Crippen LogP) is 2.32. The van der Waals surface area contributed by atoms with Crippen LogP contribution in [0.3, 0.4) is 0 Å². The molecule has 1 unspecified atom stereocenters. The van der Waals surface area contributed by atoms with E-state index in [0.29, 0.717) is 35.8 Å². The SMILES string of the molecule is N#CCCn1cc(-c2nc(NC3CCNCC3(F)F)ncc2Cl)cn1. The van der Waals surface area contributed by atoms with E-state index in [-0.39, 0.29) is 18.9 Å². The number of nitriles is 1. The number of nitrogens with zero attached hydrogens (tertiary/aromatic N) is 5. The van der Waals surface area contributed by atoms with E-state index in [1.165, 1.54) is 6.20 Å². The fourth-order valence-corrected chi connectivity index (χ4v) is 2.78. The maximum Gasteiger partial charge on any atom is 0.280 e. The van der Waals surface area contributed by atoms with Gasteiger partial charge in [0.2, 0.25) is 5.95 Å². The predicted molar refractivity (Wildman–Crippen MR) is 88.3 cm³/mol. The molecule has 1 aliphatic rings. The Bertz CT molecular complexity index is 786. The first-order chi connectivity index (χ1) is 12.0. The first kappa shape index (κ1) is 17.5. The third-order valence-electron chi connectivity index (χ3n) is 3.89. The second kappa shape index (κ2) is 7.29. The Morgan fingerprint density at radius 2 is 2.32 bits per heavy atom. The van der Waals surface area contributed by atoms with Gasteiger partial charge in [0.1, 0.15) is 0 Å². The highest BCUT2D eigenvalue weighted by Gasteiger charge is 2.42. The van der Waals surface area contributed by atoms with Crippen molar-refractivity contribution < 1.29 is 8.78 Å². The van der Waals surface area contributed by atoms with Crippen molar-refractivity contribution in [2.45, 2.75) is 31.4 Å². The second-order valence-electron chi connectivity index (χ2n) is 5.71. The number of halogens is 3. The molecule has 2 aromatic heterocycles. The largest absolute Gasteiger partial charge is 0.345 e. The summed E-state index contributed by atoms with van der Waals surface area (Å²) >= 11 is 6.14. The fraction of sp³-hybridized carbons (Fsp3) is 0.467. The van der Waals surface area contributed by atoms with Crippen LogP contribution in [-0.2, 0) is 6.54 Å². The van der Waals surface area contributed by atoms with E-state index >= 15 is 0 Å². The van der Waals surface area contributed by atoms with E-state index in [9.17, 15) is 8.78 Å². The molecule has 0 saturated carbocycles. The highest BCUT2D eigenvalue weighted by Crippen LogP contribution is 2.29. The molecule has 3 heterocycles. The van der Waals surface area contributed by atoms with Gasteiger partial charge in [0, 0.05) is 11.8 Å². The molecule has 0 amide bonds. The van der Waals surface area contributed by atoms with Crippen LogP contribution in [0.15, 0.2) is 18.6 Å². The number of anilines is 1. The highest BCUT2D eigenvalue weighted by molar-refractivity contribution is 6.32. The van der Waals surface area contributed by atoms with Gasteiger partial charge in [-0.25, -0.2) is 18.7 Å². The smallest absolute Gasteiger partial charge is 0.280 e. The van der Waals surface area contributed by atoms with Crippen LogP contribution in [0.5, 0.6) is 0 Å². The number of nitrogens with one attached hydrogen (secondary N) is 2. The monoisotopic (exact) mass is 367 g/mol. The van der Waals surface area contributed by atoms with Gasteiger partial charge >= 0.3 is 0 Å². The van der Waals surface area contributed by atoms with Crippen molar-refractivity contribution in [1.29, 1.82) is 5.26 Å². The molecule has 3 rings (SSSR count). The zero-order chi connectivity index (χ0) is 17.9. The minimum absolute atomic E-state index is 0.0933. The molecule has 2 aromatic rings. The fourth-order valence-electron chi connectivity index (χ4n) is 2.58. The molecular formula is C15H16ClF2N7. The molecule has 2 N–H and O–H groups in total. The van der Waals surface area contributed by atoms with Gasteiger partial charge in [-0.05, 0) is 13.0 Å². The third kappa shape index (κ3) is 4.03. The Balaban J connectivity index is 1.81. The van der Waals surface area contributed by atoms with E-state index in [1.54, 1.807) is 17.1 Å². The third-order valence-corrected chi connectivity index (χ3v) is 4.16. The molecule has 0 bridgehead atoms. The molecule has 132 valence electrons. The Morgan fingerprint density at radius 3 is 3.08 bits per heavy atom. The first-order valence-electron chi connectivity index (χ1n) is 7.77. The summed E-state index contributed by atoms with van der Waals surface area (Å²) in [6, 6.07) is 1.000. The normalized spacial score (nSPS) is 19.4. The standard InChI is InChI=1S/C15H16ClF2N7/c16-11-7-21-14(23-12-2-4-20-9-15(12,17)18)24-13(11)10-6-22-25(8-10)5-1-3-19/h6-8,12,20H,1-2,4-5,9H2,(H,21,23,24). The molecule has 0 aliphatic carbocycles. The molecule has 0 radical (unpaired) electrons. The van der Waals surface area contributed by atoms with Gasteiger partial charge in [-0.3, -0.25) is 4.68 Å². The van der Waals surface area contributed by atoms with Crippen LogP contribution in [0.25, 0.3) is 11.3 Å². The van der Waals surface area contributed by atoms with Crippen molar-refractivity contribution in [2.24, 2.45) is 0 Å². The van der Waals surface area contributed by atoms with E-state index in [2.05, 4.69) is 25.7 Å². The summed E-state index contributed by atoms with van der Waals surface area (Å²) < 4.78 is 29.5. The lowest BCUT2D eigenvalue weighted by atomic mass is 10.0. The Kier molecular flexibility index (Phi) is 5.11. The van der Waals surface area contributed by atoms with Crippen molar-refractivity contribution in [3.63, 3.8) is 0 Å². The number of rotatable bonds is 5. The summed E-state index contributed by atoms with van der Waals surface area (Å²) in [4.78, 5) is 8.27. The number of aromatic nitrogens is 4. The summed E-state index contributed by atoms with van der Waals surface area (Å²) in [6.45, 7) is 0.571. The molecule has 1 atom stereocenters. The van der Waals surface area contributed by atoms with Crippen molar-refractivity contribution in [3.8, 4) is 17.3 Å². The summed E-state index contributed by atoms with van der Waals surface area (Å²) in [7, 11) is 0. The van der Waals surface area contributed by atoms with Gasteiger partial charge in [-0.15, -0.1) is 0 Å². The number of piperidine rings is 1. The molecule has 25 heavy (non-hydrogen) atoms. The summed E-state index contributed by atoms with van der Waals surface area (Å²) in [5.41, 5.74) is 1.03. The maximum absolute atomic E-state index is 13.9. The molecule has 1 saturated heterocycles. The van der Waals surface area contributed by atoms with E-state index in [1.807, 2.05) is 6.07 Å². The van der Waals surface area contributed by atoms with Crippen molar-refractivity contribution >= 4 is 17.5 Å². The maximum atomic E-state index is 13.9. The van der Waals surface area contributed by atoms with Crippen molar-refractivity contribution in [3.05, 3.63) is 23.6 Å².